The van der Waals surface area contributed by atoms with Gasteiger partial charge in [0.2, 0.25) is 6.79 Å². The molecule has 2 aliphatic rings. The maximum absolute atomic E-state index is 12.6. The molecule has 2 aromatic rings. The number of ether oxygens (including phenoxy) is 2. The smallest absolute Gasteiger partial charge is 0.293 e. The quantitative estimate of drug-likeness (QED) is 0.693. The number of amides is 3. The van der Waals surface area contributed by atoms with E-state index in [-0.39, 0.29) is 36.9 Å². The summed E-state index contributed by atoms with van der Waals surface area (Å²) in [4.78, 5) is 38.9. The molecule has 4 rings (SSSR count). The number of nitrogens with one attached hydrogen (secondary N) is 1. The van der Waals surface area contributed by atoms with Gasteiger partial charge in [-0.2, -0.15) is 0 Å². The third-order valence-corrected chi connectivity index (χ3v) is 5.96. The first-order chi connectivity index (χ1) is 14.1. The zero-order valence-corrected chi connectivity index (χ0v) is 17.0. The normalized spacial score (nSPS) is 16.7. The molecule has 3 heterocycles. The van der Waals surface area contributed by atoms with Crippen molar-refractivity contribution in [3.63, 3.8) is 0 Å². The molecule has 1 fully saturated rings. The fraction of sp³-hybridized carbons (Fsp3) is 0.278. The molecule has 0 unspecified atom stereocenters. The number of thioether (sulfide) groups is 1. The van der Waals surface area contributed by atoms with E-state index in [9.17, 15) is 14.4 Å². The van der Waals surface area contributed by atoms with Crippen LogP contribution in [0.15, 0.2) is 23.1 Å². The topological polar surface area (TPSA) is 111 Å². The summed E-state index contributed by atoms with van der Waals surface area (Å²) in [6.45, 7) is 2.29. The van der Waals surface area contributed by atoms with Crippen molar-refractivity contribution in [3.8, 4) is 11.5 Å². The summed E-state index contributed by atoms with van der Waals surface area (Å²) >= 11 is 1.89. The van der Waals surface area contributed by atoms with Crippen molar-refractivity contribution in [1.29, 1.82) is 0 Å². The summed E-state index contributed by atoms with van der Waals surface area (Å²) < 4.78 is 14.4. The second-order valence-corrected chi connectivity index (χ2v) is 7.85. The van der Waals surface area contributed by atoms with Gasteiger partial charge in [-0.15, -0.1) is 5.10 Å². The van der Waals surface area contributed by atoms with E-state index in [2.05, 4.69) is 14.9 Å². The van der Waals surface area contributed by atoms with E-state index in [0.717, 1.165) is 33.8 Å². The van der Waals surface area contributed by atoms with Crippen molar-refractivity contribution in [3.05, 3.63) is 39.2 Å². The highest BCUT2D eigenvalue weighted by molar-refractivity contribution is 8.18. The molecular formula is C18H16N4O5S2. The molecule has 1 aromatic carbocycles. The third kappa shape index (κ3) is 3.96. The van der Waals surface area contributed by atoms with Gasteiger partial charge >= 0.3 is 0 Å². The fourth-order valence-electron chi connectivity index (χ4n) is 2.82. The van der Waals surface area contributed by atoms with Crippen LogP contribution < -0.4 is 14.8 Å². The lowest BCUT2D eigenvalue weighted by molar-refractivity contribution is -0.122. The van der Waals surface area contributed by atoms with Crippen molar-refractivity contribution >= 4 is 46.4 Å². The van der Waals surface area contributed by atoms with Gasteiger partial charge in [0.05, 0.1) is 10.6 Å². The van der Waals surface area contributed by atoms with Gasteiger partial charge in [0.15, 0.2) is 11.5 Å². The van der Waals surface area contributed by atoms with Crippen LogP contribution in [0.25, 0.3) is 6.08 Å². The van der Waals surface area contributed by atoms with Gasteiger partial charge in [-0.1, -0.05) is 17.5 Å². The zero-order valence-electron chi connectivity index (χ0n) is 15.3. The van der Waals surface area contributed by atoms with Crippen LogP contribution >= 0.6 is 23.3 Å². The van der Waals surface area contributed by atoms with E-state index >= 15 is 0 Å². The highest BCUT2D eigenvalue weighted by atomic mass is 32.2. The number of benzene rings is 1. The molecule has 11 heteroatoms. The van der Waals surface area contributed by atoms with Crippen LogP contribution in [0.5, 0.6) is 11.5 Å². The maximum Gasteiger partial charge on any atom is 0.293 e. The molecule has 0 bridgehead atoms. The lowest BCUT2D eigenvalue weighted by Gasteiger charge is -2.12. The first-order valence-corrected chi connectivity index (χ1v) is 10.4. The summed E-state index contributed by atoms with van der Waals surface area (Å²) in [5.41, 5.74) is 1.36. The average molecular weight is 432 g/mol. The molecule has 9 nitrogen and oxygen atoms in total. The Labute approximate surface area is 174 Å². The van der Waals surface area contributed by atoms with Gasteiger partial charge in [0, 0.05) is 13.1 Å². The molecule has 1 saturated heterocycles. The van der Waals surface area contributed by atoms with E-state index in [1.807, 2.05) is 6.92 Å². The van der Waals surface area contributed by atoms with Crippen molar-refractivity contribution in [2.24, 2.45) is 0 Å². The summed E-state index contributed by atoms with van der Waals surface area (Å²) in [6, 6.07) is 5.30. The standard InChI is InChI=1S/C18H16N4O5S2/c1-2-11-15(29-21-20-11)16(23)19-5-6-22-17(24)14(28-18(22)25)8-10-3-4-12-13(7-10)27-9-26-12/h3-4,7-8H,2,5-6,9H2,1H3,(H,19,23)/b14-8-. The lowest BCUT2D eigenvalue weighted by Crippen LogP contribution is -2.37. The number of carbonyl (C=O) groups excluding carboxylic acids is 3. The van der Waals surface area contributed by atoms with Crippen LogP contribution in [0.1, 0.15) is 27.9 Å². The number of rotatable bonds is 6. The van der Waals surface area contributed by atoms with Crippen LogP contribution in [0, 0.1) is 0 Å². The second-order valence-electron chi connectivity index (χ2n) is 6.10. The third-order valence-electron chi connectivity index (χ3n) is 4.29. The molecule has 150 valence electrons. The van der Waals surface area contributed by atoms with E-state index in [1.165, 1.54) is 0 Å². The van der Waals surface area contributed by atoms with Gasteiger partial charge in [-0.25, -0.2) is 0 Å². The molecule has 3 amide bonds. The average Bonchev–Trinajstić information content (AvgIpc) is 3.43. The minimum absolute atomic E-state index is 0.0859. The SMILES string of the molecule is CCc1nnsc1C(=O)NCCN1C(=O)S/C(=C\c2ccc3c(c2)OCO3)C1=O. The molecular weight excluding hydrogens is 416 g/mol. The number of nitrogens with zero attached hydrogens (tertiary/aromatic N) is 3. The Morgan fingerprint density at radius 1 is 1.31 bits per heavy atom. The van der Waals surface area contributed by atoms with Crippen molar-refractivity contribution in [2.45, 2.75) is 13.3 Å². The number of imide groups is 1. The number of aryl methyl sites for hydroxylation is 1. The van der Waals surface area contributed by atoms with Crippen molar-refractivity contribution < 1.29 is 23.9 Å². The van der Waals surface area contributed by atoms with Crippen LogP contribution in [0.2, 0.25) is 0 Å². The van der Waals surface area contributed by atoms with Crippen LogP contribution in [0.3, 0.4) is 0 Å². The number of aromatic nitrogens is 2. The van der Waals surface area contributed by atoms with Crippen LogP contribution in [0.4, 0.5) is 4.79 Å². The van der Waals surface area contributed by atoms with Crippen LogP contribution in [-0.4, -0.2) is 51.4 Å². The Hall–Kier alpha value is -2.92. The van der Waals surface area contributed by atoms with Crippen molar-refractivity contribution in [1.82, 2.24) is 19.8 Å². The summed E-state index contributed by atoms with van der Waals surface area (Å²) in [5, 5.41) is 6.23. The largest absolute Gasteiger partial charge is 0.454 e. The predicted octanol–water partition coefficient (Wildman–Crippen LogP) is 2.30. The Morgan fingerprint density at radius 2 is 2.14 bits per heavy atom. The van der Waals surface area contributed by atoms with E-state index in [1.54, 1.807) is 24.3 Å². The van der Waals surface area contributed by atoms with Crippen molar-refractivity contribution in [2.75, 3.05) is 19.9 Å². The number of hydrogen-bond donors (Lipinski definition) is 1. The molecule has 0 atom stereocenters. The number of carbonyl (C=O) groups is 3. The molecule has 2 aliphatic heterocycles. The summed E-state index contributed by atoms with van der Waals surface area (Å²) in [7, 11) is 0. The van der Waals surface area contributed by atoms with E-state index in [4.69, 9.17) is 9.47 Å². The highest BCUT2D eigenvalue weighted by Crippen LogP contribution is 2.36. The Bertz CT molecular complexity index is 1020. The Kier molecular flexibility index (Phi) is 5.49. The van der Waals surface area contributed by atoms with Gasteiger partial charge in [0.25, 0.3) is 17.1 Å². The molecule has 0 saturated carbocycles. The lowest BCUT2D eigenvalue weighted by atomic mass is 10.2. The Morgan fingerprint density at radius 3 is 2.97 bits per heavy atom. The minimum Gasteiger partial charge on any atom is -0.454 e. The fourth-order valence-corrected chi connectivity index (χ4v) is 4.35. The number of fused-ring (bicyclic) bond motifs is 1. The van der Waals surface area contributed by atoms with E-state index in [0.29, 0.717) is 33.4 Å². The second kappa shape index (κ2) is 8.21. The summed E-state index contributed by atoms with van der Waals surface area (Å²) in [5.74, 6) is 0.554. The van der Waals surface area contributed by atoms with Gasteiger partial charge in [-0.3, -0.25) is 19.3 Å². The maximum atomic E-state index is 12.6. The molecule has 29 heavy (non-hydrogen) atoms. The highest BCUT2D eigenvalue weighted by Gasteiger charge is 2.34. The minimum atomic E-state index is -0.388. The molecule has 0 radical (unpaired) electrons. The monoisotopic (exact) mass is 432 g/mol. The van der Waals surface area contributed by atoms with E-state index < -0.39 is 0 Å². The van der Waals surface area contributed by atoms with Gasteiger partial charge in [-0.05, 0) is 53.5 Å². The first kappa shape index (κ1) is 19.4. The zero-order chi connectivity index (χ0) is 20.4. The molecule has 1 aromatic heterocycles. The first-order valence-electron chi connectivity index (χ1n) is 8.81. The molecule has 1 N–H and O–H groups in total. The van der Waals surface area contributed by atoms with Crippen LogP contribution in [-0.2, 0) is 11.2 Å². The van der Waals surface area contributed by atoms with Gasteiger partial charge < -0.3 is 14.8 Å². The number of hydrogen-bond acceptors (Lipinski definition) is 9. The summed E-state index contributed by atoms with van der Waals surface area (Å²) in [6.07, 6.45) is 2.24. The molecule has 0 aliphatic carbocycles. The van der Waals surface area contributed by atoms with Gasteiger partial charge in [0.1, 0.15) is 4.88 Å². The predicted molar refractivity (Wildman–Crippen MR) is 107 cm³/mol. The molecule has 0 spiro atoms. The Balaban J connectivity index is 1.37.